The Hall–Kier alpha value is -6.17. The van der Waals surface area contributed by atoms with Crippen LogP contribution in [0, 0.1) is 31.6 Å². The van der Waals surface area contributed by atoms with Crippen LogP contribution in [0.15, 0.2) is 76.3 Å². The lowest BCUT2D eigenvalue weighted by atomic mass is 9.69. The number of nitro benzene ring substituents is 2. The van der Waals surface area contributed by atoms with Crippen LogP contribution in [0.5, 0.6) is 0 Å². The van der Waals surface area contributed by atoms with Crippen molar-refractivity contribution >= 4 is 57.7 Å². The van der Waals surface area contributed by atoms with Crippen LogP contribution in [0.4, 0.5) is 17.1 Å². The summed E-state index contributed by atoms with van der Waals surface area (Å²) in [5, 5.41) is 35.8. The summed E-state index contributed by atoms with van der Waals surface area (Å²) < 4.78 is 0. The van der Waals surface area contributed by atoms with Gasteiger partial charge in [0.15, 0.2) is 10.9 Å². The van der Waals surface area contributed by atoms with E-state index in [0.29, 0.717) is 18.4 Å². The molecule has 12 nitrogen and oxygen atoms in total. The number of carboxylic acid groups (broad SMARTS) is 1. The smallest absolute Gasteiger partial charge is 0.303 e. The van der Waals surface area contributed by atoms with Crippen molar-refractivity contribution < 1.29 is 19.7 Å². The van der Waals surface area contributed by atoms with E-state index in [-0.39, 0.29) is 40.2 Å². The molecule has 7 rings (SSSR count). The number of carboxylic acids is 1. The van der Waals surface area contributed by atoms with Crippen LogP contribution < -0.4 is 36.8 Å². The number of unbranched alkanes of at least 4 members (excludes halogenated alkanes) is 2. The summed E-state index contributed by atoms with van der Waals surface area (Å²) in [5.41, 5.74) is 1.60. The predicted octanol–water partition coefficient (Wildman–Crippen LogP) is 4.83. The van der Waals surface area contributed by atoms with Crippen molar-refractivity contribution in [1.29, 1.82) is 0 Å². The van der Waals surface area contributed by atoms with Crippen molar-refractivity contribution in [2.45, 2.75) is 77.8 Å². The number of rotatable bonds is 12. The van der Waals surface area contributed by atoms with E-state index in [9.17, 15) is 34.6 Å². The molecule has 0 spiro atoms. The molecule has 4 aromatic carbocycles. The zero-order chi connectivity index (χ0) is 39.4. The molecule has 0 radical (unpaired) electrons. The van der Waals surface area contributed by atoms with Gasteiger partial charge in [-0.2, -0.15) is 0 Å². The fourth-order valence-corrected chi connectivity index (χ4v) is 8.71. The maximum absolute atomic E-state index is 14.1. The molecular formula is C43H42N4O8. The number of para-hydroxylation sites is 2. The minimum absolute atomic E-state index is 0.0618. The van der Waals surface area contributed by atoms with Crippen LogP contribution in [0.1, 0.15) is 70.9 Å². The van der Waals surface area contributed by atoms with Crippen molar-refractivity contribution in [3.63, 3.8) is 0 Å². The number of aromatic nitrogens is 1. The van der Waals surface area contributed by atoms with Crippen molar-refractivity contribution in [3.05, 3.63) is 140 Å². The van der Waals surface area contributed by atoms with Gasteiger partial charge in [-0.05, 0) is 54.0 Å². The number of fused-ring (bicyclic) bond motifs is 4. The van der Waals surface area contributed by atoms with Crippen LogP contribution in [-0.4, -0.2) is 31.9 Å². The molecule has 1 aliphatic carbocycles. The second kappa shape index (κ2) is 13.9. The van der Waals surface area contributed by atoms with E-state index in [4.69, 9.17) is 5.11 Å². The molecule has 282 valence electrons. The monoisotopic (exact) mass is 742 g/mol. The van der Waals surface area contributed by atoms with Gasteiger partial charge in [0.1, 0.15) is 0 Å². The average molecular weight is 743 g/mol. The first-order valence-electron chi connectivity index (χ1n) is 18.4. The number of nitrogens with one attached hydrogen (secondary N) is 1. The van der Waals surface area contributed by atoms with E-state index in [1.807, 2.05) is 67.3 Å². The standard InChI is InChI=1S/C43H42N4O8/c1-42(2)23-35-39(29-13-8-10-15-34(29)44-35)28(12-6-5-7-17-38(48)49)33(42)21-30-40(50)31(41(30)51)22-37-43(3,4)32-14-9-11-16-36(32)45(37)24-25-18-26(46(52)53)20-27(19-25)47(54)55/h8-11,13-16,18-23,33,37,44H,5-7,12,17,24H2,1-4H3,(H,48,49). The Bertz CT molecular complexity index is 2670. The highest BCUT2D eigenvalue weighted by Gasteiger charge is 2.44. The molecular weight excluding hydrogens is 700 g/mol. The molecule has 1 aliphatic heterocycles. The molecule has 2 unspecified atom stereocenters. The Morgan fingerprint density at radius 3 is 2.18 bits per heavy atom. The van der Waals surface area contributed by atoms with Gasteiger partial charge in [-0.1, -0.05) is 88.2 Å². The quantitative estimate of drug-likeness (QED) is 0.103. The van der Waals surface area contributed by atoms with Crippen LogP contribution >= 0.6 is 0 Å². The second-order valence-corrected chi connectivity index (χ2v) is 15.9. The molecule has 2 atom stereocenters. The highest BCUT2D eigenvalue weighted by molar-refractivity contribution is 5.85. The third-order valence-corrected chi connectivity index (χ3v) is 11.4. The zero-order valence-electron chi connectivity index (χ0n) is 31.1. The number of H-pyrrole nitrogens is 1. The molecule has 0 bridgehead atoms. The van der Waals surface area contributed by atoms with E-state index in [2.05, 4.69) is 31.0 Å². The fraction of sp³-hybridized carbons (Fsp3) is 0.326. The van der Waals surface area contributed by atoms with Gasteiger partial charge in [-0.15, -0.1) is 0 Å². The number of carbonyl (C=O) groups is 1. The van der Waals surface area contributed by atoms with Gasteiger partial charge in [-0.25, -0.2) is 0 Å². The molecule has 0 fully saturated rings. The Morgan fingerprint density at radius 1 is 0.873 bits per heavy atom. The number of hydrogen-bond donors (Lipinski definition) is 2. The molecule has 5 aromatic rings. The van der Waals surface area contributed by atoms with Crippen molar-refractivity contribution in [1.82, 2.24) is 4.98 Å². The Morgan fingerprint density at radius 2 is 1.51 bits per heavy atom. The molecule has 12 heteroatoms. The number of hydrogen-bond acceptors (Lipinski definition) is 8. The van der Waals surface area contributed by atoms with Gasteiger partial charge in [0.2, 0.25) is 0 Å². The Labute approximate surface area is 315 Å². The lowest BCUT2D eigenvalue weighted by Gasteiger charge is -2.34. The number of anilines is 1. The van der Waals surface area contributed by atoms with Crippen LogP contribution in [0.3, 0.4) is 0 Å². The number of aromatic amines is 1. The highest BCUT2D eigenvalue weighted by Crippen LogP contribution is 2.46. The first-order valence-corrected chi connectivity index (χ1v) is 18.4. The number of aliphatic carboxylic acids is 1. The Balaban J connectivity index is 1.32. The summed E-state index contributed by atoms with van der Waals surface area (Å²) >= 11 is 0. The fourth-order valence-electron chi connectivity index (χ4n) is 8.71. The average Bonchev–Trinajstić information content (AvgIpc) is 3.59. The summed E-state index contributed by atoms with van der Waals surface area (Å²) in [6.07, 6.45) is 8.50. The van der Waals surface area contributed by atoms with Crippen LogP contribution in [0.25, 0.3) is 34.7 Å². The van der Waals surface area contributed by atoms with Crippen molar-refractivity contribution in [2.24, 2.45) is 11.3 Å². The van der Waals surface area contributed by atoms with Crippen LogP contribution in [0.2, 0.25) is 0 Å². The number of benzene rings is 3. The van der Waals surface area contributed by atoms with Crippen molar-refractivity contribution in [3.8, 4) is 0 Å². The predicted molar refractivity (Wildman–Crippen MR) is 212 cm³/mol. The maximum atomic E-state index is 14.1. The molecule has 0 amide bonds. The summed E-state index contributed by atoms with van der Waals surface area (Å²) in [4.78, 5) is 66.9. The zero-order valence-corrected chi connectivity index (χ0v) is 31.1. The largest absolute Gasteiger partial charge is 0.481 e. The SMILES string of the molecule is CC1(C)C=c2[nH]c3ccccc3c2=C(CCCCCC(=O)O)C1C=c1c(=O)c(=CC2N(Cc3cc([N+](=O)[O-])cc([N+](=O)[O-])c3)c3ccccc3C2(C)C)c1=O. The van der Waals surface area contributed by atoms with Gasteiger partial charge in [-0.3, -0.25) is 34.6 Å². The molecule has 2 heterocycles. The van der Waals surface area contributed by atoms with E-state index in [1.165, 1.54) is 12.1 Å². The minimum Gasteiger partial charge on any atom is -0.481 e. The lowest BCUT2D eigenvalue weighted by molar-refractivity contribution is -0.394. The molecule has 1 aromatic heterocycles. The van der Waals surface area contributed by atoms with E-state index >= 15 is 0 Å². The molecule has 2 N–H and O–H groups in total. The van der Waals surface area contributed by atoms with Crippen molar-refractivity contribution in [2.75, 3.05) is 4.90 Å². The third-order valence-electron chi connectivity index (χ3n) is 11.4. The van der Waals surface area contributed by atoms with Gasteiger partial charge >= 0.3 is 5.97 Å². The van der Waals surface area contributed by atoms with Gasteiger partial charge in [0, 0.05) is 63.6 Å². The highest BCUT2D eigenvalue weighted by atomic mass is 16.6. The van der Waals surface area contributed by atoms with Gasteiger partial charge < -0.3 is 15.0 Å². The summed E-state index contributed by atoms with van der Waals surface area (Å²) in [6, 6.07) is 18.7. The minimum atomic E-state index is -0.825. The van der Waals surface area contributed by atoms with Gasteiger partial charge in [0.25, 0.3) is 11.4 Å². The van der Waals surface area contributed by atoms with E-state index in [0.717, 1.165) is 57.2 Å². The number of nitro groups is 2. The summed E-state index contributed by atoms with van der Waals surface area (Å²) in [5.74, 6) is -1.11. The summed E-state index contributed by atoms with van der Waals surface area (Å²) in [7, 11) is 0. The molecule has 0 saturated carbocycles. The normalized spacial score (nSPS) is 18.1. The molecule has 0 saturated heterocycles. The second-order valence-electron chi connectivity index (χ2n) is 15.9. The Kier molecular flexibility index (Phi) is 9.40. The van der Waals surface area contributed by atoms with E-state index in [1.54, 1.807) is 6.08 Å². The first-order chi connectivity index (χ1) is 26.1. The molecule has 2 aliphatic rings. The van der Waals surface area contributed by atoms with Crippen LogP contribution in [-0.2, 0) is 16.8 Å². The van der Waals surface area contributed by atoms with Gasteiger partial charge in [0.05, 0.1) is 32.4 Å². The van der Waals surface area contributed by atoms with E-state index < -0.39 is 44.1 Å². The lowest BCUT2D eigenvalue weighted by Crippen LogP contribution is -2.66. The third kappa shape index (κ3) is 6.66. The first kappa shape index (κ1) is 37.2. The summed E-state index contributed by atoms with van der Waals surface area (Å²) in [6.45, 7) is 8.25. The molecule has 55 heavy (non-hydrogen) atoms. The number of nitrogens with zero attached hydrogens (tertiary/aromatic N) is 3. The number of non-ortho nitro benzene ring substituents is 2. The topological polar surface area (TPSA) is 177 Å². The maximum Gasteiger partial charge on any atom is 0.303 e.